The van der Waals surface area contributed by atoms with E-state index in [1.807, 2.05) is 12.1 Å². The van der Waals surface area contributed by atoms with Crippen molar-refractivity contribution in [2.45, 2.75) is 26.4 Å². The van der Waals surface area contributed by atoms with Crippen molar-refractivity contribution in [3.8, 4) is 0 Å². The summed E-state index contributed by atoms with van der Waals surface area (Å²) in [5, 5.41) is 3.30. The number of furan rings is 1. The van der Waals surface area contributed by atoms with Crippen molar-refractivity contribution in [3.05, 3.63) is 59.6 Å². The molecule has 2 aromatic rings. The second-order valence-corrected chi connectivity index (χ2v) is 5.13. The molecule has 1 unspecified atom stereocenters. The smallest absolute Gasteiger partial charge is 0.159 e. The summed E-state index contributed by atoms with van der Waals surface area (Å²) in [4.78, 5) is 2.29. The molecule has 0 aliphatic heterocycles. The third-order valence-electron chi connectivity index (χ3n) is 3.78. The van der Waals surface area contributed by atoms with E-state index in [0.717, 1.165) is 30.5 Å². The Balaban J connectivity index is 1.97. The monoisotopic (exact) mass is 308 g/mol. The number of hydrogen-bond acceptors (Lipinski definition) is 3. The molecule has 0 aliphatic carbocycles. The lowest BCUT2D eigenvalue weighted by Crippen LogP contribution is -2.35. The topological polar surface area (TPSA) is 28.4 Å². The highest BCUT2D eigenvalue weighted by atomic mass is 19.2. The van der Waals surface area contributed by atoms with Crippen LogP contribution in [0.2, 0.25) is 0 Å². The fraction of sp³-hybridized carbons (Fsp3) is 0.412. The van der Waals surface area contributed by atoms with E-state index in [1.54, 1.807) is 12.3 Å². The predicted octanol–water partition coefficient (Wildman–Crippen LogP) is 3.73. The molecule has 0 spiro atoms. The Kier molecular flexibility index (Phi) is 6.10. The van der Waals surface area contributed by atoms with Gasteiger partial charge in [-0.2, -0.15) is 0 Å². The lowest BCUT2D eigenvalue weighted by atomic mass is 10.1. The van der Waals surface area contributed by atoms with E-state index in [2.05, 4.69) is 24.1 Å². The van der Waals surface area contributed by atoms with Crippen LogP contribution in [0.5, 0.6) is 0 Å². The van der Waals surface area contributed by atoms with Gasteiger partial charge in [-0.3, -0.25) is 4.90 Å². The van der Waals surface area contributed by atoms with Gasteiger partial charge in [-0.1, -0.05) is 19.9 Å². The Labute approximate surface area is 129 Å². The summed E-state index contributed by atoms with van der Waals surface area (Å²) in [7, 11) is 0. The van der Waals surface area contributed by atoms with Crippen LogP contribution in [0.25, 0.3) is 0 Å². The van der Waals surface area contributed by atoms with Gasteiger partial charge < -0.3 is 9.73 Å². The highest BCUT2D eigenvalue weighted by molar-refractivity contribution is 5.17. The first kappa shape index (κ1) is 16.6. The van der Waals surface area contributed by atoms with Gasteiger partial charge in [0.05, 0.1) is 12.3 Å². The van der Waals surface area contributed by atoms with E-state index in [0.29, 0.717) is 13.1 Å². The van der Waals surface area contributed by atoms with Gasteiger partial charge >= 0.3 is 0 Å². The van der Waals surface area contributed by atoms with Gasteiger partial charge in [-0.25, -0.2) is 8.78 Å². The van der Waals surface area contributed by atoms with E-state index in [-0.39, 0.29) is 6.04 Å². The van der Waals surface area contributed by atoms with E-state index in [9.17, 15) is 8.78 Å². The molecule has 120 valence electrons. The number of hydrogen-bond donors (Lipinski definition) is 1. The maximum Gasteiger partial charge on any atom is 0.159 e. The standard InChI is InChI=1S/C17H22F2N2O/c1-3-21(4-2)16(17-6-5-9-22-17)12-20-11-13-7-8-14(18)15(19)10-13/h5-10,16,20H,3-4,11-12H2,1-2H3. The fourth-order valence-corrected chi connectivity index (χ4v) is 2.56. The van der Waals surface area contributed by atoms with Gasteiger partial charge in [0, 0.05) is 13.1 Å². The van der Waals surface area contributed by atoms with Gasteiger partial charge in [-0.15, -0.1) is 0 Å². The van der Waals surface area contributed by atoms with Crippen LogP contribution < -0.4 is 5.32 Å². The molecular weight excluding hydrogens is 286 g/mol. The van der Waals surface area contributed by atoms with Crippen LogP contribution in [-0.2, 0) is 6.54 Å². The molecule has 0 fully saturated rings. The molecule has 2 rings (SSSR count). The van der Waals surface area contributed by atoms with Crippen LogP contribution in [0.15, 0.2) is 41.0 Å². The highest BCUT2D eigenvalue weighted by Gasteiger charge is 2.20. The van der Waals surface area contributed by atoms with Crippen molar-refractivity contribution >= 4 is 0 Å². The highest BCUT2D eigenvalue weighted by Crippen LogP contribution is 2.20. The van der Waals surface area contributed by atoms with Gasteiger partial charge in [0.25, 0.3) is 0 Å². The quantitative estimate of drug-likeness (QED) is 0.805. The average molecular weight is 308 g/mol. The number of rotatable bonds is 8. The molecule has 3 nitrogen and oxygen atoms in total. The van der Waals surface area contributed by atoms with Crippen LogP contribution in [0.3, 0.4) is 0 Å². The molecule has 1 N–H and O–H groups in total. The number of halogens is 2. The number of likely N-dealkylation sites (N-methyl/N-ethyl adjacent to an activating group) is 1. The molecule has 1 atom stereocenters. The second-order valence-electron chi connectivity index (χ2n) is 5.13. The normalized spacial score (nSPS) is 12.8. The van der Waals surface area contributed by atoms with E-state index < -0.39 is 11.6 Å². The first-order valence-electron chi connectivity index (χ1n) is 7.57. The van der Waals surface area contributed by atoms with Crippen molar-refractivity contribution in [1.82, 2.24) is 10.2 Å². The van der Waals surface area contributed by atoms with Crippen molar-refractivity contribution in [1.29, 1.82) is 0 Å². The van der Waals surface area contributed by atoms with Crippen LogP contribution >= 0.6 is 0 Å². The zero-order chi connectivity index (χ0) is 15.9. The molecule has 0 saturated carbocycles. The SMILES string of the molecule is CCN(CC)C(CNCc1ccc(F)c(F)c1)c1ccco1. The molecule has 0 aliphatic rings. The van der Waals surface area contributed by atoms with Crippen LogP contribution in [0, 0.1) is 11.6 Å². The first-order valence-corrected chi connectivity index (χ1v) is 7.57. The summed E-state index contributed by atoms with van der Waals surface area (Å²) in [6.07, 6.45) is 1.67. The summed E-state index contributed by atoms with van der Waals surface area (Å²) in [6.45, 7) is 7.19. The van der Waals surface area contributed by atoms with Gasteiger partial charge in [0.15, 0.2) is 11.6 Å². The second kappa shape index (κ2) is 8.06. The molecule has 0 amide bonds. The third-order valence-corrected chi connectivity index (χ3v) is 3.78. The fourth-order valence-electron chi connectivity index (χ4n) is 2.56. The van der Waals surface area contributed by atoms with Crippen molar-refractivity contribution in [2.24, 2.45) is 0 Å². The van der Waals surface area contributed by atoms with Crippen LogP contribution in [-0.4, -0.2) is 24.5 Å². The zero-order valence-corrected chi connectivity index (χ0v) is 13.0. The molecule has 0 radical (unpaired) electrons. The Morgan fingerprint density at radius 2 is 1.91 bits per heavy atom. The van der Waals surface area contributed by atoms with Gasteiger partial charge in [0.1, 0.15) is 5.76 Å². The Morgan fingerprint density at radius 3 is 2.50 bits per heavy atom. The van der Waals surface area contributed by atoms with Crippen molar-refractivity contribution < 1.29 is 13.2 Å². The minimum absolute atomic E-state index is 0.121. The lowest BCUT2D eigenvalue weighted by Gasteiger charge is -2.28. The predicted molar refractivity (Wildman–Crippen MR) is 82.4 cm³/mol. The molecule has 1 heterocycles. The molecule has 1 aromatic heterocycles. The maximum atomic E-state index is 13.2. The Bertz CT molecular complexity index is 568. The average Bonchev–Trinajstić information content (AvgIpc) is 3.04. The van der Waals surface area contributed by atoms with E-state index in [1.165, 1.54) is 6.07 Å². The minimum Gasteiger partial charge on any atom is -0.468 e. The van der Waals surface area contributed by atoms with Gasteiger partial charge in [0.2, 0.25) is 0 Å². The Hall–Kier alpha value is -1.72. The molecule has 5 heteroatoms. The molecule has 0 saturated heterocycles. The summed E-state index contributed by atoms with van der Waals surface area (Å²) < 4.78 is 31.6. The number of benzene rings is 1. The molecule has 22 heavy (non-hydrogen) atoms. The molecule has 1 aromatic carbocycles. The van der Waals surface area contributed by atoms with Crippen molar-refractivity contribution in [2.75, 3.05) is 19.6 Å². The number of nitrogens with one attached hydrogen (secondary N) is 1. The third kappa shape index (κ3) is 4.15. The Morgan fingerprint density at radius 1 is 1.14 bits per heavy atom. The van der Waals surface area contributed by atoms with E-state index in [4.69, 9.17) is 4.42 Å². The summed E-state index contributed by atoms with van der Waals surface area (Å²) in [5.41, 5.74) is 0.719. The van der Waals surface area contributed by atoms with Crippen molar-refractivity contribution in [3.63, 3.8) is 0 Å². The van der Waals surface area contributed by atoms with Crippen LogP contribution in [0.1, 0.15) is 31.2 Å². The summed E-state index contributed by atoms with van der Waals surface area (Å²) >= 11 is 0. The lowest BCUT2D eigenvalue weighted by molar-refractivity contribution is 0.188. The van der Waals surface area contributed by atoms with Gasteiger partial charge in [-0.05, 0) is 42.9 Å². The van der Waals surface area contributed by atoms with Crippen LogP contribution in [0.4, 0.5) is 8.78 Å². The maximum absolute atomic E-state index is 13.2. The molecular formula is C17H22F2N2O. The summed E-state index contributed by atoms with van der Waals surface area (Å²) in [5.74, 6) is -0.729. The van der Waals surface area contributed by atoms with E-state index >= 15 is 0 Å². The summed E-state index contributed by atoms with van der Waals surface area (Å²) in [6, 6.07) is 7.92. The molecule has 0 bridgehead atoms. The first-order chi connectivity index (χ1) is 10.7. The minimum atomic E-state index is -0.819. The largest absolute Gasteiger partial charge is 0.468 e. The zero-order valence-electron chi connectivity index (χ0n) is 13.0. The number of nitrogens with zero attached hydrogens (tertiary/aromatic N) is 1.